The van der Waals surface area contributed by atoms with Crippen LogP contribution in [0, 0.1) is 17.3 Å². The van der Waals surface area contributed by atoms with Gasteiger partial charge in [0.25, 0.3) is 0 Å². The van der Waals surface area contributed by atoms with E-state index in [4.69, 9.17) is 0 Å². The summed E-state index contributed by atoms with van der Waals surface area (Å²) in [6, 6.07) is 0. The molecular formula is C14H20N2O2. The number of hydrogen-bond acceptors (Lipinski definition) is 3. The quantitative estimate of drug-likeness (QED) is 0.597. The van der Waals surface area contributed by atoms with Crippen molar-refractivity contribution in [2.75, 3.05) is 19.6 Å². The predicted octanol–water partition coefficient (Wildman–Crippen LogP) is 0.937. The number of hydrogen-bond donors (Lipinski definition) is 1. The van der Waals surface area contributed by atoms with Gasteiger partial charge in [-0.2, -0.15) is 0 Å². The molecule has 1 saturated heterocycles. The number of piperidine rings is 1. The summed E-state index contributed by atoms with van der Waals surface area (Å²) >= 11 is 0. The first-order chi connectivity index (χ1) is 8.53. The molecule has 3 aliphatic rings. The molecule has 0 spiro atoms. The first-order valence-corrected chi connectivity index (χ1v) is 6.77. The summed E-state index contributed by atoms with van der Waals surface area (Å²) in [5, 5.41) is 3.26. The highest BCUT2D eigenvalue weighted by Gasteiger charge is 2.72. The lowest BCUT2D eigenvalue weighted by molar-refractivity contribution is -0.142. The Kier molecular flexibility index (Phi) is 2.59. The van der Waals surface area contributed by atoms with E-state index in [1.807, 2.05) is 13.8 Å². The van der Waals surface area contributed by atoms with Crippen LogP contribution in [-0.2, 0) is 9.59 Å². The Morgan fingerprint density at radius 2 is 2.00 bits per heavy atom. The van der Waals surface area contributed by atoms with Gasteiger partial charge in [-0.05, 0) is 24.8 Å². The Labute approximate surface area is 107 Å². The van der Waals surface area contributed by atoms with E-state index in [0.717, 1.165) is 25.9 Å². The molecule has 0 bridgehead atoms. The lowest BCUT2D eigenvalue weighted by Gasteiger charge is -2.22. The van der Waals surface area contributed by atoms with Gasteiger partial charge in [0.1, 0.15) is 0 Å². The molecule has 0 radical (unpaired) electrons. The van der Waals surface area contributed by atoms with E-state index in [0.29, 0.717) is 6.54 Å². The van der Waals surface area contributed by atoms with Crippen LogP contribution in [0.25, 0.3) is 0 Å². The van der Waals surface area contributed by atoms with Crippen molar-refractivity contribution in [3.63, 3.8) is 0 Å². The van der Waals surface area contributed by atoms with E-state index in [9.17, 15) is 9.59 Å². The molecule has 2 amide bonds. The highest BCUT2D eigenvalue weighted by molar-refractivity contribution is 6.10. The molecule has 3 rings (SSSR count). The average Bonchev–Trinajstić information content (AvgIpc) is 2.81. The Balaban J connectivity index is 1.61. The number of rotatable bonds is 3. The molecule has 0 aromatic heterocycles. The van der Waals surface area contributed by atoms with Gasteiger partial charge in [-0.3, -0.25) is 14.5 Å². The van der Waals surface area contributed by atoms with Gasteiger partial charge in [0.05, 0.1) is 11.8 Å². The lowest BCUT2D eigenvalue weighted by atomic mass is 10.0. The lowest BCUT2D eigenvalue weighted by Crippen LogP contribution is -2.37. The fourth-order valence-electron chi connectivity index (χ4n) is 3.38. The summed E-state index contributed by atoms with van der Waals surface area (Å²) < 4.78 is 0. The molecule has 0 aromatic rings. The molecular weight excluding hydrogens is 228 g/mol. The molecule has 98 valence electrons. The molecule has 1 aliphatic carbocycles. The minimum absolute atomic E-state index is 0.0352. The second-order valence-electron chi connectivity index (χ2n) is 6.17. The van der Waals surface area contributed by atoms with Crippen molar-refractivity contribution in [2.24, 2.45) is 17.3 Å². The fourth-order valence-corrected chi connectivity index (χ4v) is 3.38. The topological polar surface area (TPSA) is 49.4 Å². The standard InChI is InChI=1S/C14H20N2O2/c1-14(2)10-11(14)13(18)16(12(10)17)8-5-9-3-6-15-7-4-9/h3,10-11,15H,4-8H2,1-2H3. The molecule has 2 fully saturated rings. The van der Waals surface area contributed by atoms with Crippen molar-refractivity contribution in [1.29, 1.82) is 0 Å². The average molecular weight is 248 g/mol. The van der Waals surface area contributed by atoms with Gasteiger partial charge in [-0.15, -0.1) is 0 Å². The highest BCUT2D eigenvalue weighted by Crippen LogP contribution is 2.63. The number of likely N-dealkylation sites (tertiary alicyclic amines) is 1. The normalized spacial score (nSPS) is 33.4. The summed E-state index contributed by atoms with van der Waals surface area (Å²) in [5.41, 5.74) is 1.28. The van der Waals surface area contributed by atoms with Gasteiger partial charge in [0.2, 0.25) is 11.8 Å². The van der Waals surface area contributed by atoms with Gasteiger partial charge in [0, 0.05) is 13.1 Å². The number of amides is 2. The third-order valence-electron chi connectivity index (χ3n) is 4.71. The van der Waals surface area contributed by atoms with E-state index in [1.165, 1.54) is 10.5 Å². The molecule has 1 saturated carbocycles. The second-order valence-corrected chi connectivity index (χ2v) is 6.17. The minimum Gasteiger partial charge on any atom is -0.313 e. The number of fused-ring (bicyclic) bond motifs is 1. The van der Waals surface area contributed by atoms with Crippen LogP contribution in [0.5, 0.6) is 0 Å². The van der Waals surface area contributed by atoms with Crippen LogP contribution in [0.15, 0.2) is 11.6 Å². The molecule has 1 N–H and O–H groups in total. The van der Waals surface area contributed by atoms with Gasteiger partial charge < -0.3 is 5.32 Å². The molecule has 2 atom stereocenters. The SMILES string of the molecule is CC1(C)C2C(=O)N(CCC3=CCNCC3)C(=O)C21. The van der Waals surface area contributed by atoms with Crippen LogP contribution in [0.2, 0.25) is 0 Å². The zero-order valence-corrected chi connectivity index (χ0v) is 11.0. The van der Waals surface area contributed by atoms with Crippen molar-refractivity contribution in [2.45, 2.75) is 26.7 Å². The van der Waals surface area contributed by atoms with Crippen LogP contribution >= 0.6 is 0 Å². The van der Waals surface area contributed by atoms with Gasteiger partial charge >= 0.3 is 0 Å². The number of nitrogens with zero attached hydrogens (tertiary/aromatic N) is 1. The smallest absolute Gasteiger partial charge is 0.233 e. The second kappa shape index (κ2) is 3.92. The highest BCUT2D eigenvalue weighted by atomic mass is 16.2. The maximum atomic E-state index is 12.1. The first-order valence-electron chi connectivity index (χ1n) is 6.77. The molecule has 18 heavy (non-hydrogen) atoms. The van der Waals surface area contributed by atoms with Crippen LogP contribution in [0.3, 0.4) is 0 Å². The van der Waals surface area contributed by atoms with Crippen LogP contribution < -0.4 is 5.32 Å². The van der Waals surface area contributed by atoms with Crippen molar-refractivity contribution in [3.8, 4) is 0 Å². The predicted molar refractivity (Wildman–Crippen MR) is 67.7 cm³/mol. The monoisotopic (exact) mass is 248 g/mol. The van der Waals surface area contributed by atoms with Gasteiger partial charge in [-0.25, -0.2) is 0 Å². The summed E-state index contributed by atoms with van der Waals surface area (Å²) in [7, 11) is 0. The maximum absolute atomic E-state index is 12.1. The van der Waals surface area contributed by atoms with Crippen molar-refractivity contribution in [1.82, 2.24) is 10.2 Å². The molecule has 2 heterocycles. The summed E-state index contributed by atoms with van der Waals surface area (Å²) in [4.78, 5) is 25.7. The Morgan fingerprint density at radius 1 is 1.33 bits per heavy atom. The molecule has 2 aliphatic heterocycles. The van der Waals surface area contributed by atoms with Crippen LogP contribution in [0.4, 0.5) is 0 Å². The van der Waals surface area contributed by atoms with Crippen molar-refractivity contribution >= 4 is 11.8 Å². The summed E-state index contributed by atoms with van der Waals surface area (Å²) in [5.74, 6) is 0.0491. The van der Waals surface area contributed by atoms with Crippen LogP contribution in [-0.4, -0.2) is 36.3 Å². The molecule has 2 unspecified atom stereocenters. The zero-order valence-electron chi connectivity index (χ0n) is 11.0. The Bertz CT molecular complexity index is 415. The Hall–Kier alpha value is -1.16. The molecule has 0 aromatic carbocycles. The van der Waals surface area contributed by atoms with E-state index >= 15 is 0 Å². The van der Waals surface area contributed by atoms with E-state index < -0.39 is 0 Å². The van der Waals surface area contributed by atoms with Crippen LogP contribution in [0.1, 0.15) is 26.7 Å². The molecule has 4 heteroatoms. The third-order valence-corrected chi connectivity index (χ3v) is 4.71. The summed E-state index contributed by atoms with van der Waals surface area (Å²) in [6.45, 7) is 6.53. The fraction of sp³-hybridized carbons (Fsp3) is 0.714. The van der Waals surface area contributed by atoms with E-state index in [1.54, 1.807) is 0 Å². The third kappa shape index (κ3) is 1.62. The van der Waals surface area contributed by atoms with Crippen molar-refractivity contribution < 1.29 is 9.59 Å². The number of imide groups is 1. The largest absolute Gasteiger partial charge is 0.313 e. The Morgan fingerprint density at radius 3 is 2.56 bits per heavy atom. The minimum atomic E-state index is -0.0846. The number of nitrogens with one attached hydrogen (secondary N) is 1. The summed E-state index contributed by atoms with van der Waals surface area (Å²) in [6.07, 6.45) is 4.06. The van der Waals surface area contributed by atoms with Crippen molar-refractivity contribution in [3.05, 3.63) is 11.6 Å². The van der Waals surface area contributed by atoms with Gasteiger partial charge in [0.15, 0.2) is 0 Å². The molecule has 4 nitrogen and oxygen atoms in total. The maximum Gasteiger partial charge on any atom is 0.233 e. The van der Waals surface area contributed by atoms with E-state index in [2.05, 4.69) is 11.4 Å². The van der Waals surface area contributed by atoms with Gasteiger partial charge in [-0.1, -0.05) is 25.5 Å². The first kappa shape index (κ1) is 11.9. The number of carbonyl (C=O) groups is 2. The van der Waals surface area contributed by atoms with E-state index in [-0.39, 0.29) is 29.1 Å². The number of carbonyl (C=O) groups excluding carboxylic acids is 2. The zero-order chi connectivity index (χ0) is 12.9.